The molecule has 4 rings (SSSR count). The molecule has 9 nitrogen and oxygen atoms in total. The molecule has 0 bridgehead atoms. The Balaban J connectivity index is 1.41. The second kappa shape index (κ2) is 9.72. The molecule has 0 saturated carbocycles. The first-order chi connectivity index (χ1) is 15.8. The Kier molecular flexibility index (Phi) is 6.94. The van der Waals surface area contributed by atoms with Gasteiger partial charge in [0.05, 0.1) is 29.1 Å². The summed E-state index contributed by atoms with van der Waals surface area (Å²) < 4.78 is 34.0. The van der Waals surface area contributed by atoms with Crippen molar-refractivity contribution in [3.8, 4) is 0 Å². The number of ether oxygens (including phenoxy) is 1. The fourth-order valence-corrected chi connectivity index (χ4v) is 6.09. The number of thiophene rings is 1. The summed E-state index contributed by atoms with van der Waals surface area (Å²) in [5.74, 6) is -0.480. The van der Waals surface area contributed by atoms with Gasteiger partial charge in [0.1, 0.15) is 11.2 Å². The van der Waals surface area contributed by atoms with E-state index in [0.29, 0.717) is 43.8 Å². The van der Waals surface area contributed by atoms with Crippen molar-refractivity contribution in [2.75, 3.05) is 32.8 Å². The van der Waals surface area contributed by atoms with Gasteiger partial charge in [-0.25, -0.2) is 18.2 Å². The highest BCUT2D eigenvalue weighted by Crippen LogP contribution is 2.22. The Morgan fingerprint density at radius 1 is 1.12 bits per heavy atom. The highest BCUT2D eigenvalue weighted by atomic mass is 32.2. The van der Waals surface area contributed by atoms with Crippen molar-refractivity contribution in [3.05, 3.63) is 57.5 Å². The number of rotatable bonds is 7. The molecule has 176 valence electrons. The third-order valence-corrected chi connectivity index (χ3v) is 8.70. The van der Waals surface area contributed by atoms with Crippen LogP contribution in [0, 0.1) is 0 Å². The topological polar surface area (TPSA) is 102 Å². The second-order valence-electron chi connectivity index (χ2n) is 7.71. The first-order valence-electron chi connectivity index (χ1n) is 10.8. The summed E-state index contributed by atoms with van der Waals surface area (Å²) in [7, 11) is -3.68. The zero-order valence-corrected chi connectivity index (χ0v) is 20.2. The van der Waals surface area contributed by atoms with Crippen molar-refractivity contribution >= 4 is 37.5 Å². The monoisotopic (exact) mass is 490 g/mol. The number of piperazine rings is 1. The highest BCUT2D eigenvalue weighted by molar-refractivity contribution is 7.89. The Bertz CT molecular complexity index is 1310. The minimum atomic E-state index is -3.68. The van der Waals surface area contributed by atoms with Gasteiger partial charge in [-0.15, -0.1) is 11.3 Å². The smallest absolute Gasteiger partial charge is 0.338 e. The summed E-state index contributed by atoms with van der Waals surface area (Å²) in [5, 5.41) is 0.631. The van der Waals surface area contributed by atoms with E-state index in [1.54, 1.807) is 17.8 Å². The fraction of sp³-hybridized carbons (Fsp3) is 0.409. The maximum Gasteiger partial charge on any atom is 0.338 e. The lowest BCUT2D eigenvalue weighted by atomic mass is 10.2. The van der Waals surface area contributed by atoms with Crippen molar-refractivity contribution in [1.82, 2.24) is 18.8 Å². The van der Waals surface area contributed by atoms with Gasteiger partial charge in [-0.05, 0) is 43.7 Å². The van der Waals surface area contributed by atoms with Crippen LogP contribution in [0.25, 0.3) is 10.2 Å². The summed E-state index contributed by atoms with van der Waals surface area (Å²) in [4.78, 5) is 33.1. The first-order valence-corrected chi connectivity index (χ1v) is 13.1. The Morgan fingerprint density at radius 2 is 1.82 bits per heavy atom. The maximum absolute atomic E-state index is 13.0. The Morgan fingerprint density at radius 3 is 2.45 bits per heavy atom. The van der Waals surface area contributed by atoms with Crippen molar-refractivity contribution in [3.63, 3.8) is 0 Å². The van der Waals surface area contributed by atoms with Gasteiger partial charge in [0, 0.05) is 31.1 Å². The van der Waals surface area contributed by atoms with Crippen LogP contribution in [0.15, 0.2) is 46.3 Å². The lowest BCUT2D eigenvalue weighted by Gasteiger charge is -2.34. The standard InChI is InChI=1S/C22H26N4O5S2/c1-3-17-13-19-20(32-17)23-14-25(21(19)27)15-24-9-11-26(12-10-24)33(29,30)18-7-5-16(6-8-18)22(28)31-4-2/h5-8,13-14H,3-4,9-12,15H2,1-2H3. The second-order valence-corrected chi connectivity index (χ2v) is 10.8. The molecule has 0 atom stereocenters. The minimum absolute atomic E-state index is 0.0762. The Labute approximate surface area is 196 Å². The van der Waals surface area contributed by atoms with Crippen LogP contribution in [0.5, 0.6) is 0 Å². The number of aryl methyl sites for hydroxylation is 1. The molecule has 3 aromatic rings. The molecule has 0 N–H and O–H groups in total. The molecule has 1 aliphatic heterocycles. The summed E-state index contributed by atoms with van der Waals surface area (Å²) in [6.07, 6.45) is 2.43. The van der Waals surface area contributed by atoms with E-state index in [1.165, 1.54) is 39.9 Å². The minimum Gasteiger partial charge on any atom is -0.462 e. The van der Waals surface area contributed by atoms with Gasteiger partial charge >= 0.3 is 5.97 Å². The van der Waals surface area contributed by atoms with Crippen molar-refractivity contribution in [2.24, 2.45) is 0 Å². The molecular weight excluding hydrogens is 464 g/mol. The summed E-state index contributed by atoms with van der Waals surface area (Å²) in [5.41, 5.74) is 0.237. The van der Waals surface area contributed by atoms with Gasteiger partial charge in [0.25, 0.3) is 5.56 Å². The van der Waals surface area contributed by atoms with Gasteiger partial charge in [0.2, 0.25) is 10.0 Å². The van der Waals surface area contributed by atoms with Crippen LogP contribution in [0.4, 0.5) is 0 Å². The predicted octanol–water partition coefficient (Wildman–Crippen LogP) is 2.16. The van der Waals surface area contributed by atoms with Crippen molar-refractivity contribution in [1.29, 1.82) is 0 Å². The SMILES string of the molecule is CCOC(=O)c1ccc(S(=O)(=O)N2CCN(Cn3cnc4sc(CC)cc4c3=O)CC2)cc1. The van der Waals surface area contributed by atoms with E-state index in [0.717, 1.165) is 16.1 Å². The van der Waals surface area contributed by atoms with Gasteiger partial charge in [-0.1, -0.05) is 6.92 Å². The normalized spacial score (nSPS) is 15.7. The number of hydrogen-bond donors (Lipinski definition) is 0. The van der Waals surface area contributed by atoms with Crippen LogP contribution >= 0.6 is 11.3 Å². The third-order valence-electron chi connectivity index (χ3n) is 5.60. The molecule has 1 saturated heterocycles. The average Bonchev–Trinajstić information content (AvgIpc) is 3.26. The van der Waals surface area contributed by atoms with Crippen LogP contribution < -0.4 is 5.56 Å². The zero-order valence-electron chi connectivity index (χ0n) is 18.6. The number of carbonyl (C=O) groups is 1. The molecule has 3 heterocycles. The van der Waals surface area contributed by atoms with Crippen LogP contribution in [-0.4, -0.2) is 65.9 Å². The van der Waals surface area contributed by atoms with Gasteiger partial charge in [-0.3, -0.25) is 14.3 Å². The van der Waals surface area contributed by atoms with Crippen LogP contribution in [0.1, 0.15) is 29.1 Å². The van der Waals surface area contributed by atoms with E-state index in [2.05, 4.69) is 4.98 Å². The molecule has 33 heavy (non-hydrogen) atoms. The molecule has 1 aliphatic rings. The molecule has 2 aromatic heterocycles. The van der Waals surface area contributed by atoms with Gasteiger partial charge in [0.15, 0.2) is 0 Å². The molecule has 11 heteroatoms. The van der Waals surface area contributed by atoms with E-state index in [-0.39, 0.29) is 17.1 Å². The molecule has 0 spiro atoms. The molecule has 0 unspecified atom stereocenters. The number of hydrogen-bond acceptors (Lipinski definition) is 8. The summed E-state index contributed by atoms with van der Waals surface area (Å²) in [6, 6.07) is 7.69. The van der Waals surface area contributed by atoms with Gasteiger partial charge in [-0.2, -0.15) is 4.31 Å². The molecular formula is C22H26N4O5S2. The van der Waals surface area contributed by atoms with E-state index in [1.807, 2.05) is 17.9 Å². The van der Waals surface area contributed by atoms with Crippen molar-refractivity contribution in [2.45, 2.75) is 31.8 Å². The van der Waals surface area contributed by atoms with Crippen molar-refractivity contribution < 1.29 is 17.9 Å². The third kappa shape index (κ3) is 4.86. The number of fused-ring (bicyclic) bond motifs is 1. The van der Waals surface area contributed by atoms with E-state index in [4.69, 9.17) is 4.74 Å². The molecule has 1 aromatic carbocycles. The number of aromatic nitrogens is 2. The largest absolute Gasteiger partial charge is 0.462 e. The average molecular weight is 491 g/mol. The Hall–Kier alpha value is -2.60. The summed E-state index contributed by atoms with van der Waals surface area (Å²) >= 11 is 1.53. The lowest BCUT2D eigenvalue weighted by molar-refractivity contribution is 0.0526. The van der Waals surface area contributed by atoms with E-state index < -0.39 is 16.0 Å². The molecule has 1 fully saturated rings. The quantitative estimate of drug-likeness (QED) is 0.468. The van der Waals surface area contributed by atoms with E-state index in [9.17, 15) is 18.0 Å². The number of benzene rings is 1. The highest BCUT2D eigenvalue weighted by Gasteiger charge is 2.29. The first kappa shape index (κ1) is 23.6. The van der Waals surface area contributed by atoms with Crippen LogP contribution in [0.2, 0.25) is 0 Å². The number of carbonyl (C=O) groups excluding carboxylic acids is 1. The maximum atomic E-state index is 13.0. The molecule has 0 aliphatic carbocycles. The number of esters is 1. The summed E-state index contributed by atoms with van der Waals surface area (Å²) in [6.45, 7) is 5.99. The van der Waals surface area contributed by atoms with Crippen LogP contribution in [-0.2, 0) is 27.8 Å². The number of sulfonamides is 1. The molecule has 0 radical (unpaired) electrons. The fourth-order valence-electron chi connectivity index (χ4n) is 3.74. The predicted molar refractivity (Wildman–Crippen MR) is 126 cm³/mol. The molecule has 0 amide bonds. The van der Waals surface area contributed by atoms with Crippen LogP contribution in [0.3, 0.4) is 0 Å². The zero-order chi connectivity index (χ0) is 23.6. The number of nitrogens with zero attached hydrogens (tertiary/aromatic N) is 4. The van der Waals surface area contributed by atoms with Gasteiger partial charge < -0.3 is 4.74 Å². The van der Waals surface area contributed by atoms with E-state index >= 15 is 0 Å². The lowest BCUT2D eigenvalue weighted by Crippen LogP contribution is -2.49.